The highest BCUT2D eigenvalue weighted by Gasteiger charge is 2.17. The zero-order valence-corrected chi connectivity index (χ0v) is 16.6. The summed E-state index contributed by atoms with van der Waals surface area (Å²) in [5.41, 5.74) is 1.69. The number of benzene rings is 1. The normalized spacial score (nSPS) is 12.1. The van der Waals surface area contributed by atoms with Crippen molar-refractivity contribution in [2.24, 2.45) is 0 Å². The van der Waals surface area contributed by atoms with Crippen molar-refractivity contribution < 1.29 is 5.11 Å². The van der Waals surface area contributed by atoms with E-state index in [1.54, 1.807) is 11.3 Å². The van der Waals surface area contributed by atoms with E-state index in [4.69, 9.17) is 0 Å². The molecule has 0 saturated carbocycles. The second-order valence-corrected chi connectivity index (χ2v) is 7.74. The Morgan fingerprint density at radius 3 is 2.86 bits per heavy atom. The summed E-state index contributed by atoms with van der Waals surface area (Å²) >= 11 is 2.94. The molecule has 0 aliphatic rings. The van der Waals surface area contributed by atoms with Crippen LogP contribution in [0.15, 0.2) is 52.7 Å². The van der Waals surface area contributed by atoms with Crippen LogP contribution in [0.2, 0.25) is 0 Å². The molecule has 0 aliphatic carbocycles. The summed E-state index contributed by atoms with van der Waals surface area (Å²) in [7, 11) is 0. The molecule has 0 fully saturated rings. The SMILES string of the molecule is CCn1c(SCC(O)=C(C#N)c2nc3ccccc3[nH]2)nnc1-c1cccs1. The second-order valence-electron chi connectivity index (χ2n) is 5.85. The Kier molecular flexibility index (Phi) is 5.14. The Morgan fingerprint density at radius 1 is 1.29 bits per heavy atom. The molecule has 0 amide bonds. The predicted molar refractivity (Wildman–Crippen MR) is 111 cm³/mol. The number of thiophene rings is 1. The van der Waals surface area contributed by atoms with E-state index in [0.717, 1.165) is 21.7 Å². The third kappa shape index (κ3) is 3.40. The number of rotatable bonds is 6. The number of nitriles is 1. The molecule has 1 aromatic carbocycles. The van der Waals surface area contributed by atoms with Crippen LogP contribution >= 0.6 is 23.1 Å². The molecule has 4 rings (SSSR count). The molecule has 28 heavy (non-hydrogen) atoms. The van der Waals surface area contributed by atoms with E-state index in [1.165, 1.54) is 11.8 Å². The van der Waals surface area contributed by atoms with E-state index in [2.05, 4.69) is 26.2 Å². The minimum atomic E-state index is -0.0464. The highest BCUT2D eigenvalue weighted by Crippen LogP contribution is 2.29. The number of H-pyrrole nitrogens is 1. The van der Waals surface area contributed by atoms with Crippen molar-refractivity contribution in [1.82, 2.24) is 24.7 Å². The number of nitrogens with one attached hydrogen (secondary N) is 1. The molecule has 7 nitrogen and oxygen atoms in total. The van der Waals surface area contributed by atoms with Crippen molar-refractivity contribution in [2.75, 3.05) is 5.75 Å². The summed E-state index contributed by atoms with van der Waals surface area (Å²) < 4.78 is 2.00. The molecule has 140 valence electrons. The van der Waals surface area contributed by atoms with Crippen molar-refractivity contribution in [1.29, 1.82) is 5.26 Å². The molecule has 0 unspecified atom stereocenters. The highest BCUT2D eigenvalue weighted by molar-refractivity contribution is 7.99. The van der Waals surface area contributed by atoms with Crippen LogP contribution in [-0.4, -0.2) is 35.6 Å². The number of hydrogen-bond donors (Lipinski definition) is 2. The first kappa shape index (κ1) is 18.3. The Morgan fingerprint density at radius 2 is 2.14 bits per heavy atom. The number of aromatic amines is 1. The van der Waals surface area contributed by atoms with Gasteiger partial charge in [0.25, 0.3) is 0 Å². The Labute approximate surface area is 169 Å². The van der Waals surface area contributed by atoms with Crippen LogP contribution in [0.5, 0.6) is 0 Å². The Hall–Kier alpha value is -3.09. The van der Waals surface area contributed by atoms with E-state index >= 15 is 0 Å². The van der Waals surface area contributed by atoms with E-state index < -0.39 is 0 Å². The van der Waals surface area contributed by atoms with Crippen LogP contribution in [0.25, 0.3) is 27.3 Å². The zero-order valence-electron chi connectivity index (χ0n) is 15.0. The minimum absolute atomic E-state index is 0.0464. The summed E-state index contributed by atoms with van der Waals surface area (Å²) in [6.07, 6.45) is 0. The third-order valence-electron chi connectivity index (χ3n) is 4.14. The van der Waals surface area contributed by atoms with Gasteiger partial charge in [-0.05, 0) is 30.5 Å². The van der Waals surface area contributed by atoms with Crippen LogP contribution in [0.1, 0.15) is 12.7 Å². The van der Waals surface area contributed by atoms with Gasteiger partial charge in [-0.2, -0.15) is 5.26 Å². The lowest BCUT2D eigenvalue weighted by molar-refractivity contribution is 0.420. The fraction of sp³-hybridized carbons (Fsp3) is 0.158. The van der Waals surface area contributed by atoms with E-state index in [-0.39, 0.29) is 17.1 Å². The molecule has 3 heterocycles. The quantitative estimate of drug-likeness (QED) is 0.277. The van der Waals surface area contributed by atoms with E-state index in [1.807, 2.05) is 53.3 Å². The lowest BCUT2D eigenvalue weighted by atomic mass is 10.2. The van der Waals surface area contributed by atoms with E-state index in [0.29, 0.717) is 17.5 Å². The number of thioether (sulfide) groups is 1. The molecule has 0 spiro atoms. The molecule has 0 bridgehead atoms. The summed E-state index contributed by atoms with van der Waals surface area (Å²) in [5.74, 6) is 1.32. The molecular weight excluding hydrogens is 392 g/mol. The van der Waals surface area contributed by atoms with Crippen LogP contribution in [0.4, 0.5) is 0 Å². The summed E-state index contributed by atoms with van der Waals surface area (Å²) in [6.45, 7) is 2.73. The lowest BCUT2D eigenvalue weighted by Gasteiger charge is -2.06. The topological polar surface area (TPSA) is 103 Å². The minimum Gasteiger partial charge on any atom is -0.510 e. The van der Waals surface area contributed by atoms with Crippen LogP contribution in [0, 0.1) is 11.3 Å². The molecule has 0 radical (unpaired) electrons. The van der Waals surface area contributed by atoms with Gasteiger partial charge >= 0.3 is 0 Å². The van der Waals surface area contributed by atoms with Crippen LogP contribution in [0.3, 0.4) is 0 Å². The van der Waals surface area contributed by atoms with Crippen molar-refractivity contribution in [3.8, 4) is 16.8 Å². The summed E-state index contributed by atoms with van der Waals surface area (Å²) in [4.78, 5) is 8.52. The molecular formula is C19H16N6OS2. The van der Waals surface area contributed by atoms with Gasteiger partial charge in [-0.15, -0.1) is 21.5 Å². The molecule has 0 aliphatic heterocycles. The van der Waals surface area contributed by atoms with Crippen LogP contribution < -0.4 is 0 Å². The number of allylic oxidation sites excluding steroid dienone is 1. The number of para-hydroxylation sites is 2. The monoisotopic (exact) mass is 408 g/mol. The Bertz CT molecular complexity index is 1150. The number of aromatic nitrogens is 5. The van der Waals surface area contributed by atoms with Crippen molar-refractivity contribution in [3.63, 3.8) is 0 Å². The highest BCUT2D eigenvalue weighted by atomic mass is 32.2. The number of aliphatic hydroxyl groups excluding tert-OH is 1. The van der Waals surface area contributed by atoms with Crippen molar-refractivity contribution >= 4 is 39.7 Å². The maximum atomic E-state index is 10.5. The number of hydrogen-bond acceptors (Lipinski definition) is 7. The molecule has 3 aromatic heterocycles. The van der Waals surface area contributed by atoms with Gasteiger partial charge in [0, 0.05) is 6.54 Å². The molecule has 0 saturated heterocycles. The van der Waals surface area contributed by atoms with E-state index in [9.17, 15) is 10.4 Å². The maximum absolute atomic E-state index is 10.5. The number of fused-ring (bicyclic) bond motifs is 1. The third-order valence-corrected chi connectivity index (χ3v) is 5.98. The van der Waals surface area contributed by atoms with Gasteiger partial charge in [-0.1, -0.05) is 30.0 Å². The zero-order chi connectivity index (χ0) is 19.5. The van der Waals surface area contributed by atoms with Gasteiger partial charge in [0.1, 0.15) is 17.4 Å². The van der Waals surface area contributed by atoms with Gasteiger partial charge in [0.05, 0.1) is 21.7 Å². The first-order chi connectivity index (χ1) is 13.7. The Balaban J connectivity index is 1.59. The van der Waals surface area contributed by atoms with Gasteiger partial charge in [-0.25, -0.2) is 4.98 Å². The maximum Gasteiger partial charge on any atom is 0.191 e. The van der Waals surface area contributed by atoms with Crippen LogP contribution in [-0.2, 0) is 6.54 Å². The largest absolute Gasteiger partial charge is 0.510 e. The fourth-order valence-electron chi connectivity index (χ4n) is 2.80. The first-order valence-electron chi connectivity index (χ1n) is 8.58. The number of nitrogens with zero attached hydrogens (tertiary/aromatic N) is 5. The summed E-state index contributed by atoms with van der Waals surface area (Å²) in [6, 6.07) is 13.5. The van der Waals surface area contributed by atoms with Gasteiger partial charge in [0.15, 0.2) is 16.8 Å². The number of aliphatic hydroxyl groups is 1. The fourth-order valence-corrected chi connectivity index (χ4v) is 4.40. The smallest absolute Gasteiger partial charge is 0.191 e. The molecule has 9 heteroatoms. The molecule has 0 atom stereocenters. The van der Waals surface area contributed by atoms with Gasteiger partial charge in [0.2, 0.25) is 0 Å². The average molecular weight is 409 g/mol. The lowest BCUT2D eigenvalue weighted by Crippen LogP contribution is -2.01. The van der Waals surface area contributed by atoms with Crippen molar-refractivity contribution in [2.45, 2.75) is 18.6 Å². The number of imidazole rings is 1. The van der Waals surface area contributed by atoms with Gasteiger partial charge < -0.3 is 14.7 Å². The summed E-state index contributed by atoms with van der Waals surface area (Å²) in [5, 5.41) is 31.3. The second kappa shape index (κ2) is 7.88. The van der Waals surface area contributed by atoms with Crippen molar-refractivity contribution in [3.05, 3.63) is 53.4 Å². The molecule has 4 aromatic rings. The predicted octanol–water partition coefficient (Wildman–Crippen LogP) is 4.49. The average Bonchev–Trinajstić information content (AvgIpc) is 3.44. The molecule has 2 N–H and O–H groups in total. The first-order valence-corrected chi connectivity index (χ1v) is 10.4. The standard InChI is InChI=1S/C19H16N6OS2/c1-2-25-18(16-8-5-9-27-16)23-24-19(25)28-11-15(26)12(10-20)17-21-13-6-3-4-7-14(13)22-17/h3-9,26H,2,11H2,1H3,(H,21,22). The van der Waals surface area contributed by atoms with Gasteiger partial charge in [-0.3, -0.25) is 0 Å².